The van der Waals surface area contributed by atoms with E-state index in [4.69, 9.17) is 16.6 Å². The van der Waals surface area contributed by atoms with Gasteiger partial charge in [-0.05, 0) is 72.4 Å². The number of aryl methyl sites for hydroxylation is 1. The zero-order valence-corrected chi connectivity index (χ0v) is 14.5. The largest absolute Gasteiger partial charge is 0.384 e. The van der Waals surface area contributed by atoms with Gasteiger partial charge in [0.25, 0.3) is 0 Å². The van der Waals surface area contributed by atoms with Gasteiger partial charge in [0.1, 0.15) is 0 Å². The van der Waals surface area contributed by atoms with Gasteiger partial charge in [0.05, 0.1) is 10.5 Å². The molecule has 0 unspecified atom stereocenters. The third-order valence-electron chi connectivity index (χ3n) is 3.84. The van der Waals surface area contributed by atoms with Crippen LogP contribution in [-0.2, 0) is 12.8 Å². The van der Waals surface area contributed by atoms with Crippen molar-refractivity contribution in [3.63, 3.8) is 0 Å². The third-order valence-corrected chi connectivity index (χ3v) is 4.75. The molecule has 1 N–H and O–H groups in total. The summed E-state index contributed by atoms with van der Waals surface area (Å²) in [5.41, 5.74) is 4.87. The highest BCUT2D eigenvalue weighted by Gasteiger charge is 2.19. The quantitative estimate of drug-likeness (QED) is 0.717. The van der Waals surface area contributed by atoms with Crippen molar-refractivity contribution in [1.82, 2.24) is 4.98 Å². The molecular weight excluding hydrogens is 383 g/mol. The maximum atomic E-state index is 6.42. The molecule has 0 radical (unpaired) electrons. The van der Waals surface area contributed by atoms with Crippen LogP contribution < -0.4 is 5.32 Å². The number of hydrogen-bond acceptors (Lipinski definition) is 2. The number of nitrogens with zero attached hydrogens (tertiary/aromatic N) is 1. The second-order valence-corrected chi connectivity index (χ2v) is 6.98. The molecule has 0 spiro atoms. The molecule has 2 nitrogen and oxygen atoms in total. The second kappa shape index (κ2) is 6.06. The van der Waals surface area contributed by atoms with Crippen LogP contribution in [0.3, 0.4) is 0 Å². The number of rotatable bonds is 3. The SMILES string of the molecule is CCCNc1c2c(nc3c(Cl)cc(I)cc13)CCCC2. The lowest BCUT2D eigenvalue weighted by Gasteiger charge is -2.22. The molecule has 1 heterocycles. The Hall–Kier alpha value is -0.550. The van der Waals surface area contributed by atoms with Crippen molar-refractivity contribution in [3.8, 4) is 0 Å². The Kier molecular flexibility index (Phi) is 4.36. The summed E-state index contributed by atoms with van der Waals surface area (Å²) in [5.74, 6) is 0. The third kappa shape index (κ3) is 2.62. The van der Waals surface area contributed by atoms with Crippen LogP contribution in [0.4, 0.5) is 5.69 Å². The summed E-state index contributed by atoms with van der Waals surface area (Å²) < 4.78 is 1.16. The zero-order valence-electron chi connectivity index (χ0n) is 11.6. The Morgan fingerprint density at radius 2 is 2.10 bits per heavy atom. The molecule has 4 heteroatoms. The monoisotopic (exact) mass is 400 g/mol. The Labute approximate surface area is 138 Å². The predicted molar refractivity (Wildman–Crippen MR) is 94.9 cm³/mol. The van der Waals surface area contributed by atoms with Gasteiger partial charge >= 0.3 is 0 Å². The first-order valence-electron chi connectivity index (χ1n) is 7.25. The molecule has 0 amide bonds. The Morgan fingerprint density at radius 1 is 1.30 bits per heavy atom. The lowest BCUT2D eigenvalue weighted by Crippen LogP contribution is -2.12. The highest BCUT2D eigenvalue weighted by Crippen LogP contribution is 2.36. The molecule has 1 aliphatic rings. The summed E-state index contributed by atoms with van der Waals surface area (Å²) >= 11 is 8.74. The van der Waals surface area contributed by atoms with E-state index in [2.05, 4.69) is 40.9 Å². The summed E-state index contributed by atoms with van der Waals surface area (Å²) in [4.78, 5) is 4.85. The minimum Gasteiger partial charge on any atom is -0.384 e. The number of pyridine rings is 1. The van der Waals surface area contributed by atoms with Crippen molar-refractivity contribution < 1.29 is 0 Å². The van der Waals surface area contributed by atoms with Crippen molar-refractivity contribution in [2.45, 2.75) is 39.0 Å². The molecule has 0 fully saturated rings. The van der Waals surface area contributed by atoms with Gasteiger partial charge in [-0.1, -0.05) is 18.5 Å². The highest BCUT2D eigenvalue weighted by molar-refractivity contribution is 14.1. The first-order valence-corrected chi connectivity index (χ1v) is 8.70. The summed E-state index contributed by atoms with van der Waals surface area (Å²) in [7, 11) is 0. The van der Waals surface area contributed by atoms with Gasteiger partial charge in [0.2, 0.25) is 0 Å². The molecule has 1 aromatic heterocycles. The number of nitrogens with one attached hydrogen (secondary N) is 1. The molecular formula is C16H18ClIN2. The molecule has 20 heavy (non-hydrogen) atoms. The highest BCUT2D eigenvalue weighted by atomic mass is 127. The van der Waals surface area contributed by atoms with Crippen LogP contribution in [0.5, 0.6) is 0 Å². The Bertz CT molecular complexity index is 655. The summed E-state index contributed by atoms with van der Waals surface area (Å²) in [6.07, 6.45) is 5.83. The zero-order chi connectivity index (χ0) is 14.1. The lowest BCUT2D eigenvalue weighted by atomic mass is 9.92. The van der Waals surface area contributed by atoms with E-state index < -0.39 is 0 Å². The molecule has 3 rings (SSSR count). The van der Waals surface area contributed by atoms with Crippen LogP contribution in [0.25, 0.3) is 10.9 Å². The van der Waals surface area contributed by atoms with E-state index in [-0.39, 0.29) is 0 Å². The molecule has 0 atom stereocenters. The molecule has 106 valence electrons. The van der Waals surface area contributed by atoms with Gasteiger partial charge < -0.3 is 5.32 Å². The van der Waals surface area contributed by atoms with Crippen LogP contribution in [0.2, 0.25) is 5.02 Å². The van der Waals surface area contributed by atoms with Crippen LogP contribution in [0, 0.1) is 3.57 Å². The van der Waals surface area contributed by atoms with Crippen LogP contribution in [-0.4, -0.2) is 11.5 Å². The van der Waals surface area contributed by atoms with Gasteiger partial charge in [-0.3, -0.25) is 4.98 Å². The Morgan fingerprint density at radius 3 is 2.90 bits per heavy atom. The molecule has 0 saturated heterocycles. The normalized spacial score (nSPS) is 14.3. The van der Waals surface area contributed by atoms with E-state index in [1.807, 2.05) is 6.07 Å². The number of hydrogen-bond donors (Lipinski definition) is 1. The van der Waals surface area contributed by atoms with Gasteiger partial charge in [0.15, 0.2) is 0 Å². The van der Waals surface area contributed by atoms with Crippen molar-refractivity contribution in [2.24, 2.45) is 0 Å². The van der Waals surface area contributed by atoms with Crippen molar-refractivity contribution in [3.05, 3.63) is 32.0 Å². The smallest absolute Gasteiger partial charge is 0.0913 e. The summed E-state index contributed by atoms with van der Waals surface area (Å²) in [6, 6.07) is 4.19. The summed E-state index contributed by atoms with van der Waals surface area (Å²) in [5, 5.41) is 5.56. The molecule has 0 saturated carbocycles. The fourth-order valence-corrected chi connectivity index (χ4v) is 3.97. The molecule has 1 aromatic carbocycles. The number of anilines is 1. The average Bonchev–Trinajstić information content (AvgIpc) is 2.44. The van der Waals surface area contributed by atoms with Gasteiger partial charge in [-0.25, -0.2) is 0 Å². The predicted octanol–water partition coefficient (Wildman–Crippen LogP) is 5.19. The van der Waals surface area contributed by atoms with E-state index in [0.717, 1.165) is 39.9 Å². The minimum atomic E-state index is 0.764. The van der Waals surface area contributed by atoms with E-state index in [1.54, 1.807) is 0 Å². The standard InChI is InChI=1S/C16H18ClIN2/c1-2-7-19-15-11-5-3-4-6-14(11)20-16-12(15)8-10(18)9-13(16)17/h8-9H,2-7H2,1H3,(H,19,20). The fraction of sp³-hybridized carbons (Fsp3) is 0.438. The summed E-state index contributed by atoms with van der Waals surface area (Å²) in [6.45, 7) is 3.19. The van der Waals surface area contributed by atoms with E-state index in [1.165, 1.54) is 35.2 Å². The second-order valence-electron chi connectivity index (χ2n) is 5.33. The topological polar surface area (TPSA) is 24.9 Å². The van der Waals surface area contributed by atoms with Crippen LogP contribution in [0.15, 0.2) is 12.1 Å². The molecule has 2 aromatic rings. The number of benzene rings is 1. The fourth-order valence-electron chi connectivity index (χ4n) is 2.90. The van der Waals surface area contributed by atoms with Crippen LogP contribution >= 0.6 is 34.2 Å². The Balaban J connectivity index is 2.27. The molecule has 1 aliphatic carbocycles. The van der Waals surface area contributed by atoms with E-state index in [0.29, 0.717) is 0 Å². The lowest BCUT2D eigenvalue weighted by molar-refractivity contribution is 0.672. The first kappa shape index (κ1) is 14.4. The van der Waals surface area contributed by atoms with Gasteiger partial charge in [-0.2, -0.15) is 0 Å². The minimum absolute atomic E-state index is 0.764. The van der Waals surface area contributed by atoms with Crippen molar-refractivity contribution in [2.75, 3.05) is 11.9 Å². The maximum Gasteiger partial charge on any atom is 0.0913 e. The number of halogens is 2. The average molecular weight is 401 g/mol. The van der Waals surface area contributed by atoms with Crippen LogP contribution in [0.1, 0.15) is 37.4 Å². The molecule has 0 aliphatic heterocycles. The number of aromatic nitrogens is 1. The van der Waals surface area contributed by atoms with E-state index in [9.17, 15) is 0 Å². The van der Waals surface area contributed by atoms with Gasteiger partial charge in [-0.15, -0.1) is 0 Å². The van der Waals surface area contributed by atoms with Crippen molar-refractivity contribution >= 4 is 50.8 Å². The maximum absolute atomic E-state index is 6.42. The molecule has 0 bridgehead atoms. The number of fused-ring (bicyclic) bond motifs is 2. The van der Waals surface area contributed by atoms with Crippen molar-refractivity contribution in [1.29, 1.82) is 0 Å². The first-order chi connectivity index (χ1) is 9.70. The van der Waals surface area contributed by atoms with Gasteiger partial charge in [0, 0.05) is 26.9 Å². The van der Waals surface area contributed by atoms with E-state index >= 15 is 0 Å².